The van der Waals surface area contributed by atoms with Gasteiger partial charge in [-0.15, -0.1) is 18.2 Å². The molecule has 0 N–H and O–H groups in total. The molecular weight excluding hydrogens is 192 g/mol. The van der Waals surface area contributed by atoms with Gasteiger partial charge in [-0.1, -0.05) is 23.6 Å². The van der Waals surface area contributed by atoms with Crippen molar-refractivity contribution in [1.29, 1.82) is 0 Å². The second kappa shape index (κ2) is 5.51. The minimum Gasteiger partial charge on any atom is -0.298 e. The molecule has 0 aliphatic rings. The smallest absolute Gasteiger partial charge is 0.154 e. The number of hydrogen-bond donors (Lipinski definition) is 0. The van der Waals surface area contributed by atoms with E-state index in [4.69, 9.17) is 6.42 Å². The third kappa shape index (κ3) is 3.68. The van der Waals surface area contributed by atoms with Gasteiger partial charge >= 0.3 is 0 Å². The fraction of sp³-hybridized carbons (Fsp3) is 0.250. The van der Waals surface area contributed by atoms with E-state index in [1.54, 1.807) is 0 Å². The van der Waals surface area contributed by atoms with Crippen LogP contribution in [0.1, 0.15) is 12.0 Å². The number of benzene rings is 1. The summed E-state index contributed by atoms with van der Waals surface area (Å²) in [6, 6.07) is 8.11. The van der Waals surface area contributed by atoms with E-state index in [0.717, 1.165) is 4.90 Å². The molecule has 0 saturated carbocycles. The summed E-state index contributed by atoms with van der Waals surface area (Å²) in [5.41, 5.74) is 1.23. The van der Waals surface area contributed by atoms with Crippen molar-refractivity contribution < 1.29 is 4.79 Å². The zero-order valence-electron chi connectivity index (χ0n) is 8.12. The van der Waals surface area contributed by atoms with Crippen LogP contribution in [0.3, 0.4) is 0 Å². The SMILES string of the molecule is C#CCC(=O)CSc1ccc(C)cc1. The van der Waals surface area contributed by atoms with Crippen molar-refractivity contribution in [1.82, 2.24) is 0 Å². The first-order chi connectivity index (χ1) is 6.72. The van der Waals surface area contributed by atoms with Gasteiger partial charge in [0.05, 0.1) is 12.2 Å². The van der Waals surface area contributed by atoms with Crippen molar-refractivity contribution in [3.63, 3.8) is 0 Å². The maximum absolute atomic E-state index is 11.1. The molecule has 0 atom stereocenters. The Morgan fingerprint density at radius 1 is 1.43 bits per heavy atom. The highest BCUT2D eigenvalue weighted by Gasteiger charge is 2.00. The summed E-state index contributed by atoms with van der Waals surface area (Å²) >= 11 is 1.53. The van der Waals surface area contributed by atoms with Crippen LogP contribution in [0.25, 0.3) is 0 Å². The van der Waals surface area contributed by atoms with Gasteiger partial charge in [-0.05, 0) is 19.1 Å². The van der Waals surface area contributed by atoms with E-state index in [0.29, 0.717) is 5.75 Å². The summed E-state index contributed by atoms with van der Waals surface area (Å²) in [6.45, 7) is 2.04. The van der Waals surface area contributed by atoms with Crippen LogP contribution in [-0.4, -0.2) is 11.5 Å². The molecule has 0 spiro atoms. The minimum atomic E-state index is 0.109. The average molecular weight is 204 g/mol. The monoisotopic (exact) mass is 204 g/mol. The molecule has 0 fully saturated rings. The first kappa shape index (κ1) is 10.9. The van der Waals surface area contributed by atoms with Crippen molar-refractivity contribution >= 4 is 17.5 Å². The van der Waals surface area contributed by atoms with E-state index in [-0.39, 0.29) is 12.2 Å². The lowest BCUT2D eigenvalue weighted by atomic mass is 10.2. The van der Waals surface area contributed by atoms with Gasteiger partial charge in [-0.2, -0.15) is 0 Å². The first-order valence-corrected chi connectivity index (χ1v) is 5.35. The summed E-state index contributed by atoms with van der Waals surface area (Å²) < 4.78 is 0. The number of rotatable bonds is 4. The Labute approximate surface area is 88.9 Å². The Balaban J connectivity index is 2.43. The third-order valence-corrected chi connectivity index (χ3v) is 2.79. The molecule has 1 aromatic carbocycles. The van der Waals surface area contributed by atoms with Crippen molar-refractivity contribution in [2.45, 2.75) is 18.2 Å². The zero-order chi connectivity index (χ0) is 10.4. The normalized spacial score (nSPS) is 9.43. The topological polar surface area (TPSA) is 17.1 Å². The van der Waals surface area contributed by atoms with E-state index < -0.39 is 0 Å². The van der Waals surface area contributed by atoms with Gasteiger partial charge in [0.1, 0.15) is 0 Å². The number of Topliss-reactive ketones (excluding diaryl/α,β-unsaturated/α-hetero) is 1. The van der Waals surface area contributed by atoms with Gasteiger partial charge in [-0.25, -0.2) is 0 Å². The van der Waals surface area contributed by atoms with Crippen molar-refractivity contribution in [3.05, 3.63) is 29.8 Å². The van der Waals surface area contributed by atoms with E-state index in [1.165, 1.54) is 17.3 Å². The molecule has 72 valence electrons. The molecule has 0 unspecified atom stereocenters. The van der Waals surface area contributed by atoms with Crippen LogP contribution in [0.4, 0.5) is 0 Å². The first-order valence-electron chi connectivity index (χ1n) is 4.37. The van der Waals surface area contributed by atoms with Crippen LogP contribution in [0, 0.1) is 19.3 Å². The maximum atomic E-state index is 11.1. The summed E-state index contributed by atoms with van der Waals surface area (Å²) in [6.07, 6.45) is 5.27. The molecular formula is C12H12OS. The molecule has 2 heteroatoms. The molecule has 0 bridgehead atoms. The van der Waals surface area contributed by atoms with Crippen LogP contribution in [0.15, 0.2) is 29.2 Å². The lowest BCUT2D eigenvalue weighted by Gasteiger charge is -1.99. The Morgan fingerprint density at radius 2 is 2.07 bits per heavy atom. The molecule has 0 aliphatic heterocycles. The van der Waals surface area contributed by atoms with Crippen LogP contribution in [0.2, 0.25) is 0 Å². The predicted octanol–water partition coefficient (Wildman–Crippen LogP) is 2.68. The van der Waals surface area contributed by atoms with E-state index in [1.807, 2.05) is 31.2 Å². The van der Waals surface area contributed by atoms with Gasteiger partial charge in [0, 0.05) is 4.90 Å². The van der Waals surface area contributed by atoms with Crippen molar-refractivity contribution in [2.24, 2.45) is 0 Å². The largest absolute Gasteiger partial charge is 0.298 e. The predicted molar refractivity (Wildman–Crippen MR) is 60.4 cm³/mol. The van der Waals surface area contributed by atoms with Gasteiger partial charge < -0.3 is 0 Å². The standard InChI is InChI=1S/C12H12OS/c1-3-4-11(13)9-14-12-7-5-10(2)6-8-12/h1,5-8H,4,9H2,2H3. The number of ketones is 1. The molecule has 14 heavy (non-hydrogen) atoms. The Kier molecular flexibility index (Phi) is 4.28. The van der Waals surface area contributed by atoms with Gasteiger partial charge in [0.25, 0.3) is 0 Å². The van der Waals surface area contributed by atoms with Crippen molar-refractivity contribution in [2.75, 3.05) is 5.75 Å². The molecule has 1 nitrogen and oxygen atoms in total. The molecule has 0 heterocycles. The number of thioether (sulfide) groups is 1. The van der Waals surface area contributed by atoms with Gasteiger partial charge in [0.15, 0.2) is 5.78 Å². The van der Waals surface area contributed by atoms with E-state index >= 15 is 0 Å². The molecule has 0 aliphatic carbocycles. The highest BCUT2D eigenvalue weighted by atomic mass is 32.2. The minimum absolute atomic E-state index is 0.109. The lowest BCUT2D eigenvalue weighted by Crippen LogP contribution is -1.98. The number of terminal acetylenes is 1. The van der Waals surface area contributed by atoms with Crippen LogP contribution >= 0.6 is 11.8 Å². The molecule has 0 saturated heterocycles. The summed E-state index contributed by atoms with van der Waals surface area (Å²) in [7, 11) is 0. The molecule has 1 rings (SSSR count). The lowest BCUT2D eigenvalue weighted by molar-refractivity contribution is -0.115. The molecule has 0 radical (unpaired) electrons. The van der Waals surface area contributed by atoms with Gasteiger partial charge in [0.2, 0.25) is 0 Å². The second-order valence-corrected chi connectivity index (χ2v) is 4.07. The van der Waals surface area contributed by atoms with Gasteiger partial charge in [-0.3, -0.25) is 4.79 Å². The summed E-state index contributed by atoms with van der Waals surface area (Å²) in [5, 5.41) is 0. The molecule has 1 aromatic rings. The third-order valence-electron chi connectivity index (χ3n) is 1.72. The Bertz CT molecular complexity index is 346. The fourth-order valence-corrected chi connectivity index (χ4v) is 1.72. The molecule has 0 aromatic heterocycles. The van der Waals surface area contributed by atoms with Crippen molar-refractivity contribution in [3.8, 4) is 12.3 Å². The van der Waals surface area contributed by atoms with E-state index in [9.17, 15) is 4.79 Å². The van der Waals surface area contributed by atoms with E-state index in [2.05, 4.69) is 5.92 Å². The Hall–Kier alpha value is -1.20. The number of aryl methyl sites for hydroxylation is 1. The average Bonchev–Trinajstić information content (AvgIpc) is 2.17. The summed E-state index contributed by atoms with van der Waals surface area (Å²) in [5.74, 6) is 2.92. The van der Waals surface area contributed by atoms with Crippen LogP contribution in [0.5, 0.6) is 0 Å². The highest BCUT2D eigenvalue weighted by molar-refractivity contribution is 8.00. The number of carbonyl (C=O) groups is 1. The number of hydrogen-bond acceptors (Lipinski definition) is 2. The van der Waals surface area contributed by atoms with Crippen LogP contribution < -0.4 is 0 Å². The van der Waals surface area contributed by atoms with Crippen LogP contribution in [-0.2, 0) is 4.79 Å². The molecule has 0 amide bonds. The quantitative estimate of drug-likeness (QED) is 0.554. The Morgan fingerprint density at radius 3 is 2.64 bits per heavy atom. The second-order valence-electron chi connectivity index (χ2n) is 3.02. The maximum Gasteiger partial charge on any atom is 0.154 e. The fourth-order valence-electron chi connectivity index (χ4n) is 0.963. The summed E-state index contributed by atoms with van der Waals surface area (Å²) in [4.78, 5) is 12.2. The highest BCUT2D eigenvalue weighted by Crippen LogP contribution is 2.18. The zero-order valence-corrected chi connectivity index (χ0v) is 8.93. The number of carbonyl (C=O) groups excluding carboxylic acids is 1.